The lowest BCUT2D eigenvalue weighted by Gasteiger charge is -2.31. The van der Waals surface area contributed by atoms with Gasteiger partial charge in [-0.25, -0.2) is 4.98 Å². The smallest absolute Gasteiger partial charge is 0.191 e. The summed E-state index contributed by atoms with van der Waals surface area (Å²) in [5.74, 6) is 2.72. The number of aryl methyl sites for hydroxylation is 2. The summed E-state index contributed by atoms with van der Waals surface area (Å²) in [6.07, 6.45) is 5.39. The first-order valence-corrected chi connectivity index (χ1v) is 11.0. The van der Waals surface area contributed by atoms with Crippen molar-refractivity contribution in [2.45, 2.75) is 59.5 Å². The van der Waals surface area contributed by atoms with Gasteiger partial charge in [-0.3, -0.25) is 9.67 Å². The molecular formula is C23H37N7. The van der Waals surface area contributed by atoms with Crippen molar-refractivity contribution in [2.24, 2.45) is 18.0 Å². The summed E-state index contributed by atoms with van der Waals surface area (Å²) in [5, 5.41) is 11.4. The highest BCUT2D eigenvalue weighted by Crippen LogP contribution is 2.21. The van der Waals surface area contributed by atoms with Gasteiger partial charge in [-0.05, 0) is 63.1 Å². The number of aliphatic imine (C=N–C) groups is 1. The average molecular weight is 412 g/mol. The van der Waals surface area contributed by atoms with Gasteiger partial charge in [0.25, 0.3) is 0 Å². The van der Waals surface area contributed by atoms with Gasteiger partial charge in [-0.1, -0.05) is 13.0 Å². The number of guanidine groups is 1. The molecular weight excluding hydrogens is 374 g/mol. The Kier molecular flexibility index (Phi) is 7.34. The molecule has 1 atom stereocenters. The first kappa shape index (κ1) is 22.1. The minimum atomic E-state index is 0.250. The van der Waals surface area contributed by atoms with Gasteiger partial charge in [0.05, 0.1) is 5.69 Å². The molecule has 0 amide bonds. The van der Waals surface area contributed by atoms with Crippen molar-refractivity contribution in [3.63, 3.8) is 0 Å². The van der Waals surface area contributed by atoms with Crippen LogP contribution in [0.3, 0.4) is 0 Å². The zero-order chi connectivity index (χ0) is 21.7. The molecule has 7 heteroatoms. The van der Waals surface area contributed by atoms with Crippen molar-refractivity contribution < 1.29 is 0 Å². The Morgan fingerprint density at radius 2 is 2.00 bits per heavy atom. The third kappa shape index (κ3) is 5.52. The molecule has 1 unspecified atom stereocenters. The van der Waals surface area contributed by atoms with Crippen LogP contribution in [0.15, 0.2) is 23.3 Å². The van der Waals surface area contributed by atoms with Gasteiger partial charge in [0, 0.05) is 51.7 Å². The lowest BCUT2D eigenvalue weighted by molar-refractivity contribution is 0.436. The first-order valence-electron chi connectivity index (χ1n) is 11.0. The molecule has 0 saturated carbocycles. The third-order valence-electron chi connectivity index (χ3n) is 6.15. The van der Waals surface area contributed by atoms with Crippen molar-refractivity contribution in [1.82, 2.24) is 25.4 Å². The summed E-state index contributed by atoms with van der Waals surface area (Å²) in [7, 11) is 3.80. The number of pyridine rings is 1. The van der Waals surface area contributed by atoms with Crippen molar-refractivity contribution in [1.29, 1.82) is 0 Å². The molecule has 164 valence electrons. The minimum Gasteiger partial charge on any atom is -0.357 e. The molecule has 2 aromatic heterocycles. The highest BCUT2D eigenvalue weighted by molar-refractivity contribution is 5.79. The normalized spacial score (nSPS) is 16.6. The molecule has 1 saturated heterocycles. The first-order chi connectivity index (χ1) is 14.4. The maximum Gasteiger partial charge on any atom is 0.191 e. The summed E-state index contributed by atoms with van der Waals surface area (Å²) >= 11 is 0. The molecule has 0 radical (unpaired) electrons. The number of piperidine rings is 1. The molecule has 3 heterocycles. The van der Waals surface area contributed by atoms with E-state index < -0.39 is 0 Å². The van der Waals surface area contributed by atoms with E-state index in [1.54, 1.807) is 7.05 Å². The van der Waals surface area contributed by atoms with Crippen LogP contribution in [0.25, 0.3) is 0 Å². The Hall–Kier alpha value is -2.57. The summed E-state index contributed by atoms with van der Waals surface area (Å²) in [6, 6.07) is 4.55. The van der Waals surface area contributed by atoms with Crippen LogP contribution in [0.5, 0.6) is 0 Å². The van der Waals surface area contributed by atoms with Gasteiger partial charge >= 0.3 is 0 Å². The zero-order valence-electron chi connectivity index (χ0n) is 19.4. The predicted octanol–water partition coefficient (Wildman–Crippen LogP) is 2.96. The molecule has 0 aromatic carbocycles. The number of aromatic nitrogens is 3. The minimum absolute atomic E-state index is 0.250. The summed E-state index contributed by atoms with van der Waals surface area (Å²) in [5.41, 5.74) is 4.78. The summed E-state index contributed by atoms with van der Waals surface area (Å²) in [4.78, 5) is 11.5. The van der Waals surface area contributed by atoms with Gasteiger partial charge in [0.1, 0.15) is 5.82 Å². The topological polar surface area (TPSA) is 70.4 Å². The zero-order valence-corrected chi connectivity index (χ0v) is 19.4. The van der Waals surface area contributed by atoms with E-state index in [0.717, 1.165) is 48.5 Å². The Morgan fingerprint density at radius 1 is 1.27 bits per heavy atom. The van der Waals surface area contributed by atoms with Gasteiger partial charge in [0.15, 0.2) is 5.96 Å². The van der Waals surface area contributed by atoms with Crippen molar-refractivity contribution in [3.05, 3.63) is 40.8 Å². The molecule has 1 aliphatic rings. The largest absolute Gasteiger partial charge is 0.357 e. The molecule has 2 aromatic rings. The number of rotatable bonds is 6. The standard InChI is InChI=1S/C23H37N7/c1-16-9-11-30(12-10-16)22-8-7-20(14-25-22)15-26-23(24-5)27-17(2)13-21-18(3)28-29(6)19(21)4/h7-8,14,16-17H,9-13,15H2,1-6H3,(H2,24,26,27). The number of anilines is 1. The molecule has 1 aliphatic heterocycles. The van der Waals surface area contributed by atoms with Crippen LogP contribution in [-0.2, 0) is 20.0 Å². The Bertz CT molecular complexity index is 845. The second-order valence-electron chi connectivity index (χ2n) is 8.64. The number of hydrogen-bond donors (Lipinski definition) is 2. The van der Waals surface area contributed by atoms with Crippen LogP contribution in [0.4, 0.5) is 5.82 Å². The molecule has 7 nitrogen and oxygen atoms in total. The maximum absolute atomic E-state index is 4.69. The summed E-state index contributed by atoms with van der Waals surface area (Å²) < 4.78 is 1.95. The molecule has 3 rings (SSSR count). The van der Waals surface area contributed by atoms with Crippen LogP contribution in [0, 0.1) is 19.8 Å². The number of nitrogens with zero attached hydrogens (tertiary/aromatic N) is 5. The quantitative estimate of drug-likeness (QED) is 0.565. The Balaban J connectivity index is 1.50. The van der Waals surface area contributed by atoms with Crippen molar-refractivity contribution in [2.75, 3.05) is 25.0 Å². The van der Waals surface area contributed by atoms with Crippen LogP contribution >= 0.6 is 0 Å². The van der Waals surface area contributed by atoms with E-state index in [4.69, 9.17) is 0 Å². The fourth-order valence-electron chi connectivity index (χ4n) is 4.03. The molecule has 1 fully saturated rings. The van der Waals surface area contributed by atoms with Crippen molar-refractivity contribution >= 4 is 11.8 Å². The second kappa shape index (κ2) is 9.96. The molecule has 0 spiro atoms. The van der Waals surface area contributed by atoms with Gasteiger partial charge < -0.3 is 15.5 Å². The lowest BCUT2D eigenvalue weighted by Crippen LogP contribution is -2.42. The molecule has 2 N–H and O–H groups in total. The lowest BCUT2D eigenvalue weighted by atomic mass is 9.99. The van der Waals surface area contributed by atoms with E-state index in [-0.39, 0.29) is 6.04 Å². The van der Waals surface area contributed by atoms with Gasteiger partial charge in [-0.15, -0.1) is 0 Å². The molecule has 0 bridgehead atoms. The maximum atomic E-state index is 4.69. The van der Waals surface area contributed by atoms with E-state index in [1.165, 1.54) is 24.1 Å². The van der Waals surface area contributed by atoms with Crippen LogP contribution in [-0.4, -0.2) is 46.9 Å². The van der Waals surface area contributed by atoms with Crippen LogP contribution in [0.1, 0.15) is 49.2 Å². The third-order valence-corrected chi connectivity index (χ3v) is 6.15. The average Bonchev–Trinajstić information content (AvgIpc) is 2.98. The highest BCUT2D eigenvalue weighted by atomic mass is 15.3. The van der Waals surface area contributed by atoms with E-state index in [2.05, 4.69) is 70.4 Å². The Labute approximate surface area is 181 Å². The second-order valence-corrected chi connectivity index (χ2v) is 8.64. The fourth-order valence-corrected chi connectivity index (χ4v) is 4.03. The van der Waals surface area contributed by atoms with E-state index >= 15 is 0 Å². The molecule has 0 aliphatic carbocycles. The van der Waals surface area contributed by atoms with E-state index in [1.807, 2.05) is 17.9 Å². The van der Waals surface area contributed by atoms with Gasteiger partial charge in [-0.2, -0.15) is 5.10 Å². The number of nitrogens with one attached hydrogen (secondary N) is 2. The fraction of sp³-hybridized carbons (Fsp3) is 0.609. The van der Waals surface area contributed by atoms with Crippen molar-refractivity contribution in [3.8, 4) is 0 Å². The molecule has 30 heavy (non-hydrogen) atoms. The van der Waals surface area contributed by atoms with Gasteiger partial charge in [0.2, 0.25) is 0 Å². The predicted molar refractivity (Wildman–Crippen MR) is 124 cm³/mol. The number of hydrogen-bond acceptors (Lipinski definition) is 4. The van der Waals surface area contributed by atoms with Crippen LogP contribution < -0.4 is 15.5 Å². The Morgan fingerprint density at radius 3 is 2.57 bits per heavy atom. The monoisotopic (exact) mass is 411 g/mol. The van der Waals surface area contributed by atoms with Crippen LogP contribution in [0.2, 0.25) is 0 Å². The van der Waals surface area contributed by atoms with E-state index in [0.29, 0.717) is 6.54 Å². The SMILES string of the molecule is CN=C(NCc1ccc(N2CCC(C)CC2)nc1)NC(C)Cc1c(C)nn(C)c1C. The van der Waals surface area contributed by atoms with E-state index in [9.17, 15) is 0 Å². The summed E-state index contributed by atoms with van der Waals surface area (Å²) in [6.45, 7) is 11.6. The highest BCUT2D eigenvalue weighted by Gasteiger charge is 2.17.